The van der Waals surface area contributed by atoms with Gasteiger partial charge in [-0.05, 0) is 37.1 Å². The van der Waals surface area contributed by atoms with Crippen LogP contribution in [0.1, 0.15) is 29.9 Å². The molecule has 0 aliphatic rings. The number of carbonyl (C=O) groups is 2. The molecule has 0 saturated carbocycles. The molecule has 2 aromatic rings. The summed E-state index contributed by atoms with van der Waals surface area (Å²) in [6.07, 6.45) is 0. The maximum Gasteiger partial charge on any atom is 0.338 e. The van der Waals surface area contributed by atoms with Gasteiger partial charge in [0.25, 0.3) is 5.56 Å². The average Bonchev–Trinajstić information content (AvgIpc) is 2.64. The van der Waals surface area contributed by atoms with Crippen LogP contribution >= 0.6 is 11.8 Å². The van der Waals surface area contributed by atoms with Crippen molar-refractivity contribution in [1.82, 2.24) is 14.9 Å². The number of benzene rings is 1. The van der Waals surface area contributed by atoms with Gasteiger partial charge in [-0.25, -0.2) is 4.79 Å². The lowest BCUT2D eigenvalue weighted by Gasteiger charge is -2.09. The molecule has 27 heavy (non-hydrogen) atoms. The van der Waals surface area contributed by atoms with Crippen LogP contribution < -0.4 is 16.7 Å². The van der Waals surface area contributed by atoms with E-state index in [9.17, 15) is 14.4 Å². The van der Waals surface area contributed by atoms with Gasteiger partial charge in [0.1, 0.15) is 5.69 Å². The van der Waals surface area contributed by atoms with Crippen molar-refractivity contribution in [3.8, 4) is 0 Å². The minimum atomic E-state index is -0.465. The molecule has 0 unspecified atom stereocenters. The number of aryl methyl sites for hydroxylation is 1. The van der Waals surface area contributed by atoms with Crippen molar-refractivity contribution in [2.24, 2.45) is 5.92 Å². The number of nitrogens with two attached hydrogens (primary N) is 1. The fraction of sp³-hybridized carbons (Fsp3) is 0.353. The van der Waals surface area contributed by atoms with E-state index in [1.807, 2.05) is 13.8 Å². The van der Waals surface area contributed by atoms with Crippen molar-refractivity contribution in [2.75, 3.05) is 23.5 Å². The van der Waals surface area contributed by atoms with Crippen molar-refractivity contribution in [1.29, 1.82) is 0 Å². The Balaban J connectivity index is 1.90. The Kier molecular flexibility index (Phi) is 6.94. The first-order chi connectivity index (χ1) is 12.8. The number of carbonyl (C=O) groups excluding carboxylic acids is 2. The van der Waals surface area contributed by atoms with Crippen LogP contribution in [0.2, 0.25) is 0 Å². The van der Waals surface area contributed by atoms with Crippen LogP contribution in [0.15, 0.2) is 34.2 Å². The second kappa shape index (κ2) is 9.17. The van der Waals surface area contributed by atoms with E-state index in [1.165, 1.54) is 6.92 Å². The molecule has 0 fully saturated rings. The molecule has 1 heterocycles. The molecule has 2 rings (SSSR count). The average molecular weight is 391 g/mol. The molecular weight excluding hydrogens is 370 g/mol. The first-order valence-corrected chi connectivity index (χ1v) is 9.17. The molecule has 1 amide bonds. The van der Waals surface area contributed by atoms with Crippen molar-refractivity contribution >= 4 is 29.3 Å². The van der Waals surface area contributed by atoms with Gasteiger partial charge < -0.3 is 15.9 Å². The van der Waals surface area contributed by atoms with E-state index in [-0.39, 0.29) is 28.4 Å². The third kappa shape index (κ3) is 5.81. The van der Waals surface area contributed by atoms with Gasteiger partial charge in [0, 0.05) is 5.69 Å². The Bertz CT molecular complexity index is 880. The van der Waals surface area contributed by atoms with Gasteiger partial charge in [0.2, 0.25) is 11.1 Å². The summed E-state index contributed by atoms with van der Waals surface area (Å²) < 4.78 is 6.00. The fourth-order valence-electron chi connectivity index (χ4n) is 1.91. The number of aromatic nitrogens is 3. The number of nitrogen functional groups attached to an aromatic ring is 1. The number of esters is 1. The quantitative estimate of drug-likeness (QED) is 0.409. The number of ether oxygens (including phenoxy) is 1. The Morgan fingerprint density at radius 2 is 1.93 bits per heavy atom. The summed E-state index contributed by atoms with van der Waals surface area (Å²) in [5.74, 6) is 5.14. The second-order valence-corrected chi connectivity index (χ2v) is 7.09. The highest BCUT2D eigenvalue weighted by Crippen LogP contribution is 2.14. The number of rotatable bonds is 7. The van der Waals surface area contributed by atoms with Crippen LogP contribution in [-0.2, 0) is 9.53 Å². The molecule has 0 aliphatic carbocycles. The second-order valence-electron chi connectivity index (χ2n) is 6.15. The lowest BCUT2D eigenvalue weighted by atomic mass is 10.2. The zero-order chi connectivity index (χ0) is 20.0. The van der Waals surface area contributed by atoms with Gasteiger partial charge in [-0.1, -0.05) is 25.6 Å². The summed E-state index contributed by atoms with van der Waals surface area (Å²) in [5, 5.41) is 10.3. The van der Waals surface area contributed by atoms with Gasteiger partial charge >= 0.3 is 5.97 Å². The summed E-state index contributed by atoms with van der Waals surface area (Å²) in [5.41, 5.74) is 0.650. The van der Waals surface area contributed by atoms with Gasteiger partial charge in [0.05, 0.1) is 17.9 Å². The van der Waals surface area contributed by atoms with E-state index in [1.54, 1.807) is 24.3 Å². The minimum absolute atomic E-state index is 0.00738. The minimum Gasteiger partial charge on any atom is -0.462 e. The maximum absolute atomic E-state index is 12.0. The molecule has 10 heteroatoms. The summed E-state index contributed by atoms with van der Waals surface area (Å²) in [7, 11) is 0. The first kappa shape index (κ1) is 20.4. The lowest BCUT2D eigenvalue weighted by molar-refractivity contribution is -0.113. The predicted octanol–water partition coefficient (Wildman–Crippen LogP) is 1.20. The van der Waals surface area contributed by atoms with E-state index in [0.717, 1.165) is 16.4 Å². The number of thioether (sulfide) groups is 1. The molecule has 1 aromatic carbocycles. The molecular formula is C17H21N5O4S. The number of nitrogens with one attached hydrogen (secondary N) is 1. The van der Waals surface area contributed by atoms with E-state index in [2.05, 4.69) is 15.5 Å². The summed E-state index contributed by atoms with van der Waals surface area (Å²) in [6.45, 7) is 5.76. The van der Waals surface area contributed by atoms with Crippen molar-refractivity contribution in [3.05, 3.63) is 45.9 Å². The highest BCUT2D eigenvalue weighted by atomic mass is 32.2. The van der Waals surface area contributed by atoms with Crippen LogP contribution in [-0.4, -0.2) is 39.1 Å². The Hall–Kier alpha value is -2.88. The van der Waals surface area contributed by atoms with Crippen LogP contribution in [0.5, 0.6) is 0 Å². The maximum atomic E-state index is 12.0. The Labute approximate surface area is 160 Å². The molecule has 144 valence electrons. The monoisotopic (exact) mass is 391 g/mol. The van der Waals surface area contributed by atoms with Crippen LogP contribution in [0.25, 0.3) is 0 Å². The van der Waals surface area contributed by atoms with Gasteiger partial charge in [-0.3, -0.25) is 9.59 Å². The Morgan fingerprint density at radius 3 is 2.56 bits per heavy atom. The fourth-order valence-corrected chi connectivity index (χ4v) is 2.56. The van der Waals surface area contributed by atoms with Crippen molar-refractivity contribution in [2.45, 2.75) is 25.9 Å². The standard InChI is InChI=1S/C17H21N5O4S/c1-10(2)8-26-16(25)12-4-6-13(7-5-12)19-14(23)9-27-17-21-20-11(3)15(24)22(17)18/h4-7,10H,8-9,18H2,1-3H3,(H,19,23). The SMILES string of the molecule is Cc1nnc(SCC(=O)Nc2ccc(C(=O)OCC(C)C)cc2)n(N)c1=O. The van der Waals surface area contributed by atoms with Crippen molar-refractivity contribution < 1.29 is 14.3 Å². The van der Waals surface area contributed by atoms with E-state index in [4.69, 9.17) is 10.6 Å². The van der Waals surface area contributed by atoms with Gasteiger partial charge in [-0.2, -0.15) is 4.68 Å². The predicted molar refractivity (Wildman–Crippen MR) is 102 cm³/mol. The summed E-state index contributed by atoms with van der Waals surface area (Å²) in [4.78, 5) is 35.6. The first-order valence-electron chi connectivity index (χ1n) is 8.19. The molecule has 0 bridgehead atoms. The van der Waals surface area contributed by atoms with Crippen LogP contribution in [0.4, 0.5) is 5.69 Å². The largest absolute Gasteiger partial charge is 0.462 e. The number of nitrogens with zero attached hydrogens (tertiary/aromatic N) is 3. The number of hydrogen-bond donors (Lipinski definition) is 2. The highest BCUT2D eigenvalue weighted by molar-refractivity contribution is 7.99. The van der Waals surface area contributed by atoms with Crippen LogP contribution in [0.3, 0.4) is 0 Å². The van der Waals surface area contributed by atoms with E-state index in [0.29, 0.717) is 17.9 Å². The number of anilines is 1. The zero-order valence-electron chi connectivity index (χ0n) is 15.3. The molecule has 0 saturated heterocycles. The highest BCUT2D eigenvalue weighted by Gasteiger charge is 2.12. The molecule has 3 N–H and O–H groups in total. The summed E-state index contributed by atoms with van der Waals surface area (Å²) >= 11 is 0.993. The lowest BCUT2D eigenvalue weighted by Crippen LogP contribution is -2.32. The topological polar surface area (TPSA) is 129 Å². The van der Waals surface area contributed by atoms with E-state index >= 15 is 0 Å². The zero-order valence-corrected chi connectivity index (χ0v) is 16.1. The van der Waals surface area contributed by atoms with Crippen LogP contribution in [0, 0.1) is 12.8 Å². The van der Waals surface area contributed by atoms with Crippen molar-refractivity contribution in [3.63, 3.8) is 0 Å². The molecule has 0 radical (unpaired) electrons. The van der Waals surface area contributed by atoms with E-state index < -0.39 is 11.5 Å². The Morgan fingerprint density at radius 1 is 1.26 bits per heavy atom. The van der Waals surface area contributed by atoms with Gasteiger partial charge in [-0.15, -0.1) is 10.2 Å². The van der Waals surface area contributed by atoms with Gasteiger partial charge in [0.15, 0.2) is 0 Å². The molecule has 0 atom stereocenters. The smallest absolute Gasteiger partial charge is 0.338 e. The summed E-state index contributed by atoms with van der Waals surface area (Å²) in [6, 6.07) is 6.38. The third-order valence-electron chi connectivity index (χ3n) is 3.30. The number of hydrogen-bond acceptors (Lipinski definition) is 8. The number of amides is 1. The molecule has 1 aromatic heterocycles. The molecule has 0 aliphatic heterocycles. The molecule has 9 nitrogen and oxygen atoms in total. The normalized spacial score (nSPS) is 10.7. The third-order valence-corrected chi connectivity index (χ3v) is 4.25. The molecule has 0 spiro atoms.